The molecule has 1 aromatic carbocycles. The van der Waals surface area contributed by atoms with Gasteiger partial charge in [0.15, 0.2) is 0 Å². The number of aliphatic hydroxyl groups is 1. The molecule has 1 aliphatic heterocycles. The normalized spacial score (nSPS) is 24.2. The van der Waals surface area contributed by atoms with Crippen molar-refractivity contribution in [2.24, 2.45) is 0 Å². The number of carbonyl (C=O) groups excluding carboxylic acids is 1. The first-order valence-corrected chi connectivity index (χ1v) is 7.38. The van der Waals surface area contributed by atoms with Crippen LogP contribution in [0.4, 0.5) is 0 Å². The largest absolute Gasteiger partial charge is 0.388 e. The number of fused-ring (bicyclic) bond motifs is 1. The molecule has 18 heavy (non-hydrogen) atoms. The van der Waals surface area contributed by atoms with Gasteiger partial charge in [-0.25, -0.2) is 0 Å². The molecule has 2 N–H and O–H groups in total. The summed E-state index contributed by atoms with van der Waals surface area (Å²) in [6.45, 7) is 0.398. The van der Waals surface area contributed by atoms with Gasteiger partial charge in [-0.15, -0.1) is 11.8 Å². The Kier molecular flexibility index (Phi) is 3.08. The standard InChI is InChI=1S/C14H17NO2S/c16-13(15-9-14(17)6-3-7-14)11-8-18-12-5-2-1-4-10(11)12/h1-2,4-5,11,17H,3,6-9H2,(H,15,16). The van der Waals surface area contributed by atoms with Gasteiger partial charge in [0.05, 0.1) is 11.5 Å². The smallest absolute Gasteiger partial charge is 0.228 e. The second-order valence-electron chi connectivity index (χ2n) is 5.20. The zero-order valence-electron chi connectivity index (χ0n) is 10.2. The third-order valence-corrected chi connectivity index (χ3v) is 5.08. The quantitative estimate of drug-likeness (QED) is 0.876. The minimum Gasteiger partial charge on any atom is -0.388 e. The molecule has 0 bridgehead atoms. The second kappa shape index (κ2) is 4.59. The second-order valence-corrected chi connectivity index (χ2v) is 6.26. The first-order valence-electron chi connectivity index (χ1n) is 6.40. The maximum absolute atomic E-state index is 12.2. The third-order valence-electron chi connectivity index (χ3n) is 3.89. The molecule has 1 amide bonds. The molecule has 1 atom stereocenters. The fraction of sp³-hybridized carbons (Fsp3) is 0.500. The van der Waals surface area contributed by atoms with Crippen molar-refractivity contribution in [3.63, 3.8) is 0 Å². The highest BCUT2D eigenvalue weighted by Gasteiger charge is 2.36. The summed E-state index contributed by atoms with van der Waals surface area (Å²) in [5.74, 6) is 0.798. The molecule has 2 aliphatic rings. The van der Waals surface area contributed by atoms with Crippen molar-refractivity contribution in [3.8, 4) is 0 Å². The fourth-order valence-electron chi connectivity index (χ4n) is 2.52. The van der Waals surface area contributed by atoms with Crippen molar-refractivity contribution in [1.29, 1.82) is 0 Å². The summed E-state index contributed by atoms with van der Waals surface area (Å²) in [6, 6.07) is 8.07. The van der Waals surface area contributed by atoms with Gasteiger partial charge in [0.1, 0.15) is 0 Å². The number of thioether (sulfide) groups is 1. The Morgan fingerprint density at radius 2 is 2.22 bits per heavy atom. The average Bonchev–Trinajstić information content (AvgIpc) is 2.77. The molecular formula is C14H17NO2S. The lowest BCUT2D eigenvalue weighted by molar-refractivity contribution is -0.124. The number of carbonyl (C=O) groups is 1. The molecule has 96 valence electrons. The van der Waals surface area contributed by atoms with Gasteiger partial charge in [-0.2, -0.15) is 0 Å². The van der Waals surface area contributed by atoms with Gasteiger partial charge < -0.3 is 10.4 Å². The Hall–Kier alpha value is -1.00. The SMILES string of the molecule is O=C(NCC1(O)CCC1)C1CSc2ccccc21. The molecule has 1 aromatic rings. The van der Waals surface area contributed by atoms with Gasteiger partial charge in [-0.1, -0.05) is 18.2 Å². The molecule has 1 saturated carbocycles. The monoisotopic (exact) mass is 263 g/mol. The van der Waals surface area contributed by atoms with Crippen LogP contribution in [0.1, 0.15) is 30.7 Å². The molecule has 3 rings (SSSR count). The summed E-state index contributed by atoms with van der Waals surface area (Å²) in [5, 5.41) is 12.9. The molecule has 3 nitrogen and oxygen atoms in total. The summed E-state index contributed by atoms with van der Waals surface area (Å²) in [7, 11) is 0. The van der Waals surface area contributed by atoms with Gasteiger partial charge in [-0.3, -0.25) is 4.79 Å². The van der Waals surface area contributed by atoms with Crippen LogP contribution < -0.4 is 5.32 Å². The molecule has 0 aromatic heterocycles. The van der Waals surface area contributed by atoms with Crippen molar-refractivity contribution < 1.29 is 9.90 Å². The molecule has 1 unspecified atom stereocenters. The maximum atomic E-state index is 12.2. The van der Waals surface area contributed by atoms with Crippen LogP contribution in [0.25, 0.3) is 0 Å². The predicted octanol–water partition coefficient (Wildman–Crippen LogP) is 1.91. The summed E-state index contributed by atoms with van der Waals surface area (Å²) in [6.07, 6.45) is 2.68. The van der Waals surface area contributed by atoms with Crippen molar-refractivity contribution >= 4 is 17.7 Å². The Balaban J connectivity index is 1.64. The van der Waals surface area contributed by atoms with E-state index in [1.54, 1.807) is 11.8 Å². The minimum atomic E-state index is -0.638. The highest BCUT2D eigenvalue weighted by Crippen LogP contribution is 2.39. The van der Waals surface area contributed by atoms with Gasteiger partial charge >= 0.3 is 0 Å². The Morgan fingerprint density at radius 1 is 1.44 bits per heavy atom. The van der Waals surface area contributed by atoms with Gasteiger partial charge in [0.25, 0.3) is 0 Å². The molecule has 4 heteroatoms. The van der Waals surface area contributed by atoms with Crippen LogP contribution in [0.2, 0.25) is 0 Å². The van der Waals surface area contributed by atoms with E-state index in [-0.39, 0.29) is 11.8 Å². The van der Waals surface area contributed by atoms with Crippen molar-refractivity contribution in [2.45, 2.75) is 35.7 Å². The zero-order chi connectivity index (χ0) is 12.6. The summed E-state index contributed by atoms with van der Waals surface area (Å²) < 4.78 is 0. The van der Waals surface area contributed by atoms with E-state index >= 15 is 0 Å². The highest BCUT2D eigenvalue weighted by atomic mass is 32.2. The zero-order valence-corrected chi connectivity index (χ0v) is 11.0. The van der Waals surface area contributed by atoms with Crippen LogP contribution in [-0.4, -0.2) is 28.9 Å². The third kappa shape index (κ3) is 2.15. The molecule has 0 spiro atoms. The topological polar surface area (TPSA) is 49.3 Å². The van der Waals surface area contributed by atoms with E-state index in [0.717, 1.165) is 30.6 Å². The van der Waals surface area contributed by atoms with Crippen LogP contribution >= 0.6 is 11.8 Å². The lowest BCUT2D eigenvalue weighted by Crippen LogP contribution is -2.48. The van der Waals surface area contributed by atoms with E-state index in [1.807, 2.05) is 18.2 Å². The van der Waals surface area contributed by atoms with E-state index in [1.165, 1.54) is 4.90 Å². The van der Waals surface area contributed by atoms with Gasteiger partial charge in [0.2, 0.25) is 5.91 Å². The van der Waals surface area contributed by atoms with Crippen LogP contribution in [-0.2, 0) is 4.79 Å². The van der Waals surface area contributed by atoms with Gasteiger partial charge in [0, 0.05) is 17.2 Å². The van der Waals surface area contributed by atoms with E-state index in [0.29, 0.717) is 6.54 Å². The van der Waals surface area contributed by atoms with Crippen LogP contribution in [0.3, 0.4) is 0 Å². The first-order chi connectivity index (χ1) is 8.68. The van der Waals surface area contributed by atoms with Crippen LogP contribution in [0.15, 0.2) is 29.2 Å². The molecule has 1 aliphatic carbocycles. The Morgan fingerprint density at radius 3 is 2.94 bits per heavy atom. The van der Waals surface area contributed by atoms with E-state index in [4.69, 9.17) is 0 Å². The number of amides is 1. The van der Waals surface area contributed by atoms with Crippen molar-refractivity contribution in [1.82, 2.24) is 5.32 Å². The number of hydrogen-bond acceptors (Lipinski definition) is 3. The number of benzene rings is 1. The average molecular weight is 263 g/mol. The molecular weight excluding hydrogens is 246 g/mol. The molecule has 1 fully saturated rings. The van der Waals surface area contributed by atoms with E-state index in [2.05, 4.69) is 11.4 Å². The Bertz CT molecular complexity index is 471. The highest BCUT2D eigenvalue weighted by molar-refractivity contribution is 7.99. The summed E-state index contributed by atoms with van der Waals surface area (Å²) in [5.41, 5.74) is 0.488. The lowest BCUT2D eigenvalue weighted by atomic mass is 9.80. The Labute approximate surface area is 111 Å². The molecule has 0 radical (unpaired) electrons. The predicted molar refractivity (Wildman–Crippen MR) is 71.7 cm³/mol. The maximum Gasteiger partial charge on any atom is 0.228 e. The molecule has 1 heterocycles. The number of rotatable bonds is 3. The van der Waals surface area contributed by atoms with Crippen LogP contribution in [0, 0.1) is 0 Å². The van der Waals surface area contributed by atoms with Gasteiger partial charge in [-0.05, 0) is 30.9 Å². The summed E-state index contributed by atoms with van der Waals surface area (Å²) >= 11 is 1.73. The van der Waals surface area contributed by atoms with Crippen LogP contribution in [0.5, 0.6) is 0 Å². The minimum absolute atomic E-state index is 0.0489. The fourth-order valence-corrected chi connectivity index (χ4v) is 3.75. The van der Waals surface area contributed by atoms with E-state index < -0.39 is 5.60 Å². The molecule has 0 saturated heterocycles. The van der Waals surface area contributed by atoms with Crippen molar-refractivity contribution in [3.05, 3.63) is 29.8 Å². The first kappa shape index (κ1) is 12.1. The number of nitrogens with one attached hydrogen (secondary N) is 1. The number of hydrogen-bond donors (Lipinski definition) is 2. The summed E-state index contributed by atoms with van der Waals surface area (Å²) in [4.78, 5) is 13.4. The van der Waals surface area contributed by atoms with Crippen molar-refractivity contribution in [2.75, 3.05) is 12.3 Å². The lowest BCUT2D eigenvalue weighted by Gasteiger charge is -2.36. The van der Waals surface area contributed by atoms with E-state index in [9.17, 15) is 9.90 Å².